The summed E-state index contributed by atoms with van der Waals surface area (Å²) < 4.78 is 48.9. The molecule has 6 N–H and O–H groups in total. The molecular formula is C27H28ClF3N6O3. The lowest BCUT2D eigenvalue weighted by atomic mass is 9.76. The predicted octanol–water partition coefficient (Wildman–Crippen LogP) is 4.68. The number of carboxylic acid groups (broad SMARTS) is 1. The minimum Gasteiger partial charge on any atom is -0.480 e. The van der Waals surface area contributed by atoms with Crippen molar-refractivity contribution in [2.24, 2.45) is 5.41 Å². The Hall–Kier alpha value is -3.77. The zero-order chi connectivity index (χ0) is 28.7. The fraction of sp³-hybridized carbons (Fsp3) is 0.370. The molecule has 2 fully saturated rings. The number of benzene rings is 2. The lowest BCUT2D eigenvalue weighted by molar-refractivity contribution is -0.198. The highest BCUT2D eigenvalue weighted by molar-refractivity contribution is 6.31. The van der Waals surface area contributed by atoms with E-state index in [0.717, 1.165) is 0 Å². The van der Waals surface area contributed by atoms with Crippen LogP contribution in [0.15, 0.2) is 48.5 Å². The third-order valence-corrected chi connectivity index (χ3v) is 7.83. The van der Waals surface area contributed by atoms with Crippen molar-refractivity contribution >= 4 is 35.0 Å². The minimum absolute atomic E-state index is 0.150. The van der Waals surface area contributed by atoms with Gasteiger partial charge in [-0.3, -0.25) is 4.79 Å². The van der Waals surface area contributed by atoms with E-state index >= 15 is 0 Å². The number of anilines is 3. The van der Waals surface area contributed by atoms with Gasteiger partial charge in [0.1, 0.15) is 11.9 Å². The molecule has 0 aliphatic carbocycles. The number of para-hydroxylation sites is 1. The fourth-order valence-corrected chi connectivity index (χ4v) is 5.67. The molecule has 3 aromatic rings. The summed E-state index contributed by atoms with van der Waals surface area (Å²) in [5.74, 6) is -1.10. The molecule has 1 aromatic heterocycles. The first-order valence-electron chi connectivity index (χ1n) is 12.7. The molecule has 5 rings (SSSR count). The number of nitrogen functional groups attached to an aromatic ring is 2. The molecule has 0 amide bonds. The van der Waals surface area contributed by atoms with Crippen molar-refractivity contribution in [3.63, 3.8) is 0 Å². The largest absolute Gasteiger partial charge is 0.480 e. The van der Waals surface area contributed by atoms with Crippen LogP contribution in [0.5, 0.6) is 5.88 Å². The van der Waals surface area contributed by atoms with Gasteiger partial charge in [-0.1, -0.05) is 35.9 Å². The highest BCUT2D eigenvalue weighted by Crippen LogP contribution is 2.44. The molecule has 1 unspecified atom stereocenters. The molecule has 2 atom stereocenters. The van der Waals surface area contributed by atoms with Crippen molar-refractivity contribution < 1.29 is 27.8 Å². The molecule has 2 aromatic carbocycles. The SMILES string of the molecule is Nc1nc(O[C@H](c2ccc(Cl)cc2-c2ccccc2N)C(F)(F)F)cc(N2CCC3(CC2)CNC(C(=O)O)C3)n1. The summed E-state index contributed by atoms with van der Waals surface area (Å²) in [4.78, 5) is 21.4. The number of hydrogen-bond donors (Lipinski definition) is 4. The van der Waals surface area contributed by atoms with Crippen molar-refractivity contribution in [1.29, 1.82) is 0 Å². The van der Waals surface area contributed by atoms with Crippen LogP contribution in [0.2, 0.25) is 5.02 Å². The summed E-state index contributed by atoms with van der Waals surface area (Å²) in [5.41, 5.74) is 12.5. The van der Waals surface area contributed by atoms with Crippen LogP contribution >= 0.6 is 11.6 Å². The molecule has 2 saturated heterocycles. The van der Waals surface area contributed by atoms with E-state index in [1.165, 1.54) is 24.3 Å². The first kappa shape index (κ1) is 27.8. The highest BCUT2D eigenvalue weighted by atomic mass is 35.5. The van der Waals surface area contributed by atoms with Gasteiger partial charge in [-0.25, -0.2) is 0 Å². The van der Waals surface area contributed by atoms with Gasteiger partial charge in [0.05, 0.1) is 0 Å². The average molecular weight is 577 g/mol. The molecule has 0 saturated carbocycles. The monoisotopic (exact) mass is 576 g/mol. The van der Waals surface area contributed by atoms with Crippen LogP contribution < -0.4 is 26.4 Å². The van der Waals surface area contributed by atoms with Crippen LogP contribution in [0.4, 0.5) is 30.6 Å². The van der Waals surface area contributed by atoms with Crippen LogP contribution in [0.3, 0.4) is 0 Å². The van der Waals surface area contributed by atoms with Gasteiger partial charge in [-0.15, -0.1) is 0 Å². The molecule has 0 bridgehead atoms. The molecular weight excluding hydrogens is 549 g/mol. The lowest BCUT2D eigenvalue weighted by Gasteiger charge is -2.39. The van der Waals surface area contributed by atoms with E-state index in [9.17, 15) is 23.1 Å². The number of ether oxygens (including phenoxy) is 1. The Labute approximate surface area is 233 Å². The van der Waals surface area contributed by atoms with Crippen molar-refractivity contribution in [2.45, 2.75) is 37.6 Å². The second-order valence-corrected chi connectivity index (χ2v) is 10.7. The Morgan fingerprint density at radius 3 is 2.50 bits per heavy atom. The summed E-state index contributed by atoms with van der Waals surface area (Å²) in [6.45, 7) is 1.66. The molecule has 2 aliphatic rings. The number of rotatable bonds is 6. The molecule has 0 radical (unpaired) electrons. The van der Waals surface area contributed by atoms with Crippen LogP contribution in [0.25, 0.3) is 11.1 Å². The second kappa shape index (κ2) is 10.7. The third-order valence-electron chi connectivity index (χ3n) is 7.60. The topological polar surface area (TPSA) is 140 Å². The summed E-state index contributed by atoms with van der Waals surface area (Å²) in [5, 5.41) is 12.6. The highest BCUT2D eigenvalue weighted by Gasteiger charge is 2.46. The van der Waals surface area contributed by atoms with Crippen molar-refractivity contribution in [3.05, 3.63) is 59.1 Å². The van der Waals surface area contributed by atoms with Gasteiger partial charge < -0.3 is 31.5 Å². The van der Waals surface area contributed by atoms with Gasteiger partial charge >= 0.3 is 12.1 Å². The zero-order valence-electron chi connectivity index (χ0n) is 21.3. The number of hydrogen-bond acceptors (Lipinski definition) is 8. The predicted molar refractivity (Wildman–Crippen MR) is 145 cm³/mol. The Balaban J connectivity index is 1.42. The maximum Gasteiger partial charge on any atom is 0.429 e. The minimum atomic E-state index is -4.82. The molecule has 2 aliphatic heterocycles. The number of carbonyl (C=O) groups is 1. The Morgan fingerprint density at radius 1 is 1.12 bits per heavy atom. The van der Waals surface area contributed by atoms with Gasteiger partial charge in [0.25, 0.3) is 0 Å². The van der Waals surface area contributed by atoms with Crippen LogP contribution in [0, 0.1) is 5.41 Å². The first-order valence-corrected chi connectivity index (χ1v) is 13.1. The Kier molecular flexibility index (Phi) is 7.40. The maximum atomic E-state index is 14.5. The molecule has 212 valence electrons. The second-order valence-electron chi connectivity index (χ2n) is 10.2. The van der Waals surface area contributed by atoms with Gasteiger partial charge in [0.2, 0.25) is 17.9 Å². The number of nitrogens with zero attached hydrogens (tertiary/aromatic N) is 3. The maximum absolute atomic E-state index is 14.5. The van der Waals surface area contributed by atoms with Crippen molar-refractivity contribution in [2.75, 3.05) is 36.0 Å². The average Bonchev–Trinajstić information content (AvgIpc) is 3.31. The summed E-state index contributed by atoms with van der Waals surface area (Å²) >= 11 is 6.16. The zero-order valence-corrected chi connectivity index (χ0v) is 22.0. The van der Waals surface area contributed by atoms with E-state index in [0.29, 0.717) is 50.3 Å². The van der Waals surface area contributed by atoms with E-state index in [2.05, 4.69) is 15.3 Å². The van der Waals surface area contributed by atoms with Crippen molar-refractivity contribution in [3.8, 4) is 17.0 Å². The molecule has 9 nitrogen and oxygen atoms in total. The quantitative estimate of drug-likeness (QED) is 0.308. The molecule has 13 heteroatoms. The smallest absolute Gasteiger partial charge is 0.429 e. The summed E-state index contributed by atoms with van der Waals surface area (Å²) in [6.07, 6.45) is -5.30. The molecule has 40 heavy (non-hydrogen) atoms. The van der Waals surface area contributed by atoms with E-state index in [-0.39, 0.29) is 39.1 Å². The standard InChI is InChI=1S/C27H28ClF3N6O3/c28-15-5-6-17(18(11-15)16-3-1-2-4-19(16)32)23(27(29,30)31)40-22-12-21(35-25(33)36-22)37-9-7-26(8-10-37)13-20(24(38)39)34-14-26/h1-6,11-12,20,23,34H,7-10,13-14,32H2,(H,38,39)(H2,33,35,36)/t20?,23-/m1/s1. The van der Waals surface area contributed by atoms with Crippen LogP contribution in [-0.4, -0.2) is 52.9 Å². The molecule has 3 heterocycles. The van der Waals surface area contributed by atoms with Crippen LogP contribution in [-0.2, 0) is 4.79 Å². The number of carboxylic acids is 1. The summed E-state index contributed by atoms with van der Waals surface area (Å²) in [7, 11) is 0. The third kappa shape index (κ3) is 5.73. The van der Waals surface area contributed by atoms with Crippen molar-refractivity contribution in [1.82, 2.24) is 15.3 Å². The van der Waals surface area contributed by atoms with Gasteiger partial charge in [0, 0.05) is 47.5 Å². The number of aromatic nitrogens is 2. The van der Waals surface area contributed by atoms with E-state index < -0.39 is 24.3 Å². The number of alkyl halides is 3. The number of nitrogens with two attached hydrogens (primary N) is 2. The normalized spacial score (nSPS) is 19.5. The number of piperidine rings is 1. The van der Waals surface area contributed by atoms with E-state index in [1.54, 1.807) is 24.3 Å². The van der Waals surface area contributed by atoms with Gasteiger partial charge in [0.15, 0.2) is 0 Å². The fourth-order valence-electron chi connectivity index (χ4n) is 5.50. The van der Waals surface area contributed by atoms with Gasteiger partial charge in [-0.2, -0.15) is 23.1 Å². The number of nitrogens with one attached hydrogen (secondary N) is 1. The number of aliphatic carboxylic acids is 1. The summed E-state index contributed by atoms with van der Waals surface area (Å²) in [6, 6.07) is 11.4. The first-order chi connectivity index (χ1) is 18.9. The Morgan fingerprint density at radius 2 is 1.85 bits per heavy atom. The van der Waals surface area contributed by atoms with Gasteiger partial charge in [-0.05, 0) is 48.4 Å². The lowest BCUT2D eigenvalue weighted by Crippen LogP contribution is -2.41. The number of halogens is 4. The Bertz CT molecular complexity index is 1410. The molecule has 1 spiro atoms. The van der Waals surface area contributed by atoms with Crippen LogP contribution in [0.1, 0.15) is 30.9 Å². The van der Waals surface area contributed by atoms with E-state index in [4.69, 9.17) is 27.8 Å². The van der Waals surface area contributed by atoms with E-state index in [1.807, 2.05) is 4.90 Å².